The Morgan fingerprint density at radius 1 is 0.885 bits per heavy atom. The van der Waals surface area contributed by atoms with Crippen molar-refractivity contribution >= 4 is 23.8 Å². The fourth-order valence-corrected chi connectivity index (χ4v) is 1.03. The Hall–Kier alpha value is -4.50. The highest BCUT2D eigenvalue weighted by Crippen LogP contribution is 2.00. The third kappa shape index (κ3) is 19.5. The Labute approximate surface area is 145 Å². The average molecular weight is 372 g/mol. The van der Waals surface area contributed by atoms with Crippen molar-refractivity contribution in [3.8, 4) is 0 Å². The second-order valence-electron chi connectivity index (χ2n) is 3.62. The first-order chi connectivity index (χ1) is 12.1. The van der Waals surface area contributed by atoms with Gasteiger partial charge in [-0.2, -0.15) is 5.10 Å². The molecule has 1 aromatic rings. The van der Waals surface area contributed by atoms with Crippen molar-refractivity contribution in [1.29, 1.82) is 0 Å². The highest BCUT2D eigenvalue weighted by Gasteiger charge is 1.99. The summed E-state index contributed by atoms with van der Waals surface area (Å²) in [5.41, 5.74) is 21.9. The smallest absolute Gasteiger partial charge is 0.291 e. The van der Waals surface area contributed by atoms with E-state index < -0.39 is 10.2 Å². The van der Waals surface area contributed by atoms with Crippen LogP contribution in [0.15, 0.2) is 50.7 Å². The van der Waals surface area contributed by atoms with Crippen molar-refractivity contribution in [3.05, 3.63) is 56.1 Å². The number of guanidine groups is 2. The van der Waals surface area contributed by atoms with E-state index in [0.29, 0.717) is 5.71 Å². The Bertz CT molecular complexity index is 659. The van der Waals surface area contributed by atoms with Crippen LogP contribution in [0.2, 0.25) is 0 Å². The Morgan fingerprint density at radius 3 is 1.69 bits per heavy atom. The van der Waals surface area contributed by atoms with E-state index in [1.807, 2.05) is 30.3 Å². The summed E-state index contributed by atoms with van der Waals surface area (Å²) < 4.78 is 0. The maximum absolute atomic E-state index is 8.36. The summed E-state index contributed by atoms with van der Waals surface area (Å²) in [6.45, 7) is 0. The van der Waals surface area contributed by atoms with Crippen molar-refractivity contribution in [3.63, 3.8) is 0 Å². The first kappa shape index (κ1) is 23.8. The summed E-state index contributed by atoms with van der Waals surface area (Å²) >= 11 is 0. The quantitative estimate of drug-likeness (QED) is 0.149. The van der Waals surface area contributed by atoms with Crippen LogP contribution in [0.4, 0.5) is 0 Å². The molecule has 0 saturated carbocycles. The maximum Gasteiger partial charge on any atom is 0.291 e. The van der Waals surface area contributed by atoms with Gasteiger partial charge in [-0.05, 0) is 0 Å². The molecule has 0 atom stereocenters. The molecule has 0 aromatic heterocycles. The monoisotopic (exact) mass is 372 g/mol. The third-order valence-corrected chi connectivity index (χ3v) is 1.70. The zero-order chi connectivity index (χ0) is 20.5. The molecule has 16 heteroatoms. The van der Waals surface area contributed by atoms with E-state index in [1.165, 1.54) is 6.21 Å². The minimum atomic E-state index is -1.50. The molecule has 0 bridgehead atoms. The molecule has 0 aliphatic carbocycles. The van der Waals surface area contributed by atoms with E-state index in [4.69, 9.17) is 53.6 Å². The van der Waals surface area contributed by atoms with Crippen LogP contribution in [0, 0.1) is 20.2 Å². The van der Waals surface area contributed by atoms with Crippen molar-refractivity contribution in [1.82, 2.24) is 0 Å². The number of nitrogens with two attached hydrogens (primary N) is 4. The van der Waals surface area contributed by atoms with Crippen LogP contribution >= 0.6 is 0 Å². The predicted molar refractivity (Wildman–Crippen MR) is 90.7 cm³/mol. The summed E-state index contributed by atoms with van der Waals surface area (Å²) in [5.74, 6) is -0.306. The number of benzene rings is 1. The molecule has 1 aromatic carbocycles. The van der Waals surface area contributed by atoms with Gasteiger partial charge in [0.05, 0.1) is 6.21 Å². The molecule has 10 N–H and O–H groups in total. The van der Waals surface area contributed by atoms with Gasteiger partial charge in [0.1, 0.15) is 5.71 Å². The summed E-state index contributed by atoms with van der Waals surface area (Å²) in [6, 6.07) is 9.20. The standard InChI is InChI=1S/C10H14N8.2HNO3/c11-9(12)17-15-6-8(16-18-10(13)14)7-4-2-1-3-5-7;2*2-1(3)4/h1-6H,(H4,11,12,17)(H4,13,14,18);2*(H,2,3,4)/b15-6+,16-8-;;. The molecule has 0 heterocycles. The lowest BCUT2D eigenvalue weighted by Crippen LogP contribution is -2.22. The van der Waals surface area contributed by atoms with Gasteiger partial charge in [-0.3, -0.25) is 0 Å². The maximum atomic E-state index is 8.36. The molecule has 0 spiro atoms. The molecular formula is C10H16N10O6. The topological polar surface area (TPSA) is 280 Å². The van der Waals surface area contributed by atoms with Crippen molar-refractivity contribution < 1.29 is 20.6 Å². The molecule has 0 aliphatic heterocycles. The lowest BCUT2D eigenvalue weighted by Gasteiger charge is -1.97. The van der Waals surface area contributed by atoms with E-state index in [0.717, 1.165) is 5.56 Å². The van der Waals surface area contributed by atoms with Gasteiger partial charge in [0, 0.05) is 5.56 Å². The molecule has 0 radical (unpaired) electrons. The van der Waals surface area contributed by atoms with Crippen LogP contribution in [0.25, 0.3) is 0 Å². The number of hydrogen-bond acceptors (Lipinski definition) is 8. The molecule has 0 aliphatic rings. The molecule has 1 rings (SSSR count). The van der Waals surface area contributed by atoms with Gasteiger partial charge in [0.2, 0.25) is 11.9 Å². The second-order valence-corrected chi connectivity index (χ2v) is 3.62. The van der Waals surface area contributed by atoms with Crippen LogP contribution in [0.5, 0.6) is 0 Å². The Balaban J connectivity index is 0. The van der Waals surface area contributed by atoms with Crippen molar-refractivity contribution in [2.75, 3.05) is 0 Å². The summed E-state index contributed by atoms with van der Waals surface area (Å²) in [7, 11) is 0. The molecule has 26 heavy (non-hydrogen) atoms. The van der Waals surface area contributed by atoms with E-state index in [-0.39, 0.29) is 11.9 Å². The highest BCUT2D eigenvalue weighted by molar-refractivity contribution is 6.38. The normalized spacial score (nSPS) is 9.62. The molecule has 0 amide bonds. The van der Waals surface area contributed by atoms with E-state index in [1.54, 1.807) is 0 Å². The summed E-state index contributed by atoms with van der Waals surface area (Å²) in [4.78, 5) is 16.7. The molecule has 0 saturated heterocycles. The fraction of sp³-hybridized carbons (Fsp3) is 0. The molecule has 142 valence electrons. The molecular weight excluding hydrogens is 356 g/mol. The van der Waals surface area contributed by atoms with Gasteiger partial charge in [0.25, 0.3) is 10.2 Å². The number of rotatable bonds is 4. The highest BCUT2D eigenvalue weighted by atomic mass is 16.9. The van der Waals surface area contributed by atoms with Crippen LogP contribution < -0.4 is 22.9 Å². The average Bonchev–Trinajstić information content (AvgIpc) is 2.50. The molecule has 0 fully saturated rings. The van der Waals surface area contributed by atoms with Crippen LogP contribution in [-0.4, -0.2) is 44.4 Å². The van der Waals surface area contributed by atoms with Crippen LogP contribution in [-0.2, 0) is 0 Å². The minimum absolute atomic E-state index is 0.152. The van der Waals surface area contributed by atoms with E-state index in [2.05, 4.69) is 20.4 Å². The lowest BCUT2D eigenvalue weighted by molar-refractivity contribution is -0.742. The lowest BCUT2D eigenvalue weighted by atomic mass is 10.1. The predicted octanol–water partition coefficient (Wildman–Crippen LogP) is -1.77. The Kier molecular flexibility index (Phi) is 12.9. The fourth-order valence-electron chi connectivity index (χ4n) is 1.03. The first-order valence-electron chi connectivity index (χ1n) is 6.06. The zero-order valence-electron chi connectivity index (χ0n) is 13.0. The van der Waals surface area contributed by atoms with E-state index in [9.17, 15) is 0 Å². The van der Waals surface area contributed by atoms with Crippen LogP contribution in [0.1, 0.15) is 5.56 Å². The summed E-state index contributed by atoms with van der Waals surface area (Å²) in [6.07, 6.45) is 1.35. The minimum Gasteiger partial charge on any atom is -0.369 e. The van der Waals surface area contributed by atoms with Crippen LogP contribution in [0.3, 0.4) is 0 Å². The number of hydrogen-bond donors (Lipinski definition) is 6. The van der Waals surface area contributed by atoms with Gasteiger partial charge in [-0.15, -0.1) is 35.5 Å². The van der Waals surface area contributed by atoms with Crippen molar-refractivity contribution in [2.45, 2.75) is 0 Å². The SMILES string of the molecule is NC(N)=N/N=C/C(=N/N=C(N)N)c1ccccc1.O=[N+]([O-])O.O=[N+]([O-])O. The molecule has 16 nitrogen and oxygen atoms in total. The van der Waals surface area contributed by atoms with Gasteiger partial charge in [-0.25, -0.2) is 0 Å². The number of nitrogens with zero attached hydrogens (tertiary/aromatic N) is 6. The third-order valence-electron chi connectivity index (χ3n) is 1.70. The largest absolute Gasteiger partial charge is 0.369 e. The second kappa shape index (κ2) is 14.1. The first-order valence-corrected chi connectivity index (χ1v) is 6.06. The van der Waals surface area contributed by atoms with Gasteiger partial charge in [-0.1, -0.05) is 30.3 Å². The van der Waals surface area contributed by atoms with Gasteiger partial charge >= 0.3 is 0 Å². The van der Waals surface area contributed by atoms with E-state index >= 15 is 0 Å². The molecule has 0 unspecified atom stereocenters. The Morgan fingerprint density at radius 2 is 1.31 bits per heavy atom. The summed E-state index contributed by atoms with van der Waals surface area (Å²) in [5, 5.41) is 41.8. The van der Waals surface area contributed by atoms with Crippen molar-refractivity contribution in [2.24, 2.45) is 43.3 Å². The van der Waals surface area contributed by atoms with Gasteiger partial charge < -0.3 is 33.3 Å². The zero-order valence-corrected chi connectivity index (χ0v) is 13.0. The van der Waals surface area contributed by atoms with Gasteiger partial charge in [0.15, 0.2) is 0 Å².